The highest BCUT2D eigenvalue weighted by Crippen LogP contribution is 2.30. The summed E-state index contributed by atoms with van der Waals surface area (Å²) in [4.78, 5) is 15.6. The number of fused-ring (bicyclic) bond motifs is 2. The van der Waals surface area contributed by atoms with Crippen LogP contribution >= 0.6 is 0 Å². The lowest BCUT2D eigenvalue weighted by molar-refractivity contribution is -0.141. The second kappa shape index (κ2) is 4.62. The molecule has 1 aliphatic carbocycles. The van der Waals surface area contributed by atoms with E-state index in [9.17, 15) is 4.79 Å². The third-order valence-electron chi connectivity index (χ3n) is 4.26. The highest BCUT2D eigenvalue weighted by molar-refractivity contribution is 5.81. The summed E-state index contributed by atoms with van der Waals surface area (Å²) in [5, 5.41) is 17.2. The lowest BCUT2D eigenvalue weighted by Crippen LogP contribution is -2.13. The van der Waals surface area contributed by atoms with Gasteiger partial charge in [0.25, 0.3) is 0 Å². The van der Waals surface area contributed by atoms with Gasteiger partial charge in [-0.1, -0.05) is 11.3 Å². The molecule has 0 saturated carbocycles. The monoisotopic (exact) mass is 294 g/mol. The van der Waals surface area contributed by atoms with Crippen molar-refractivity contribution in [1.29, 1.82) is 0 Å². The first kappa shape index (κ1) is 12.9. The van der Waals surface area contributed by atoms with E-state index in [2.05, 4.69) is 21.4 Å². The first-order chi connectivity index (χ1) is 10.6. The molecule has 1 N–H and O–H groups in total. The number of carboxylic acid groups (broad SMARTS) is 1. The van der Waals surface area contributed by atoms with Crippen molar-refractivity contribution in [3.63, 3.8) is 0 Å². The fraction of sp³-hybridized carbons (Fsp3) is 0.250. The molecule has 4 rings (SSSR count). The van der Waals surface area contributed by atoms with Crippen LogP contribution < -0.4 is 0 Å². The number of rotatable bonds is 2. The predicted octanol–water partition coefficient (Wildman–Crippen LogP) is 1.83. The molecule has 110 valence electrons. The Balaban J connectivity index is 1.75. The van der Waals surface area contributed by atoms with Crippen molar-refractivity contribution < 1.29 is 9.90 Å². The zero-order valence-electron chi connectivity index (χ0n) is 12.0. The third-order valence-corrected chi connectivity index (χ3v) is 4.26. The average Bonchev–Trinajstić information content (AvgIpc) is 3.10. The lowest BCUT2D eigenvalue weighted by atomic mass is 10.0. The maximum Gasteiger partial charge on any atom is 0.307 e. The Bertz CT molecular complexity index is 900. The Morgan fingerprint density at radius 1 is 1.27 bits per heavy atom. The Hall–Kier alpha value is -2.76. The SMILES string of the molecule is Cn1nnc2ccc(-c3cnc4c(c3)CC(C(=O)O)C4)cc21. The van der Waals surface area contributed by atoms with Crippen molar-refractivity contribution in [3.05, 3.63) is 41.7 Å². The van der Waals surface area contributed by atoms with Gasteiger partial charge in [-0.15, -0.1) is 5.10 Å². The van der Waals surface area contributed by atoms with E-state index >= 15 is 0 Å². The molecule has 22 heavy (non-hydrogen) atoms. The number of hydrogen-bond donors (Lipinski definition) is 1. The van der Waals surface area contributed by atoms with Gasteiger partial charge in [0.1, 0.15) is 5.52 Å². The molecule has 0 radical (unpaired) electrons. The molecule has 0 amide bonds. The quantitative estimate of drug-likeness (QED) is 0.780. The maximum absolute atomic E-state index is 11.1. The molecule has 0 spiro atoms. The van der Waals surface area contributed by atoms with Crippen LogP contribution in [0.5, 0.6) is 0 Å². The normalized spacial score (nSPS) is 16.9. The molecule has 0 bridgehead atoms. The van der Waals surface area contributed by atoms with Gasteiger partial charge in [-0.3, -0.25) is 9.78 Å². The van der Waals surface area contributed by atoms with Crippen LogP contribution in [0.2, 0.25) is 0 Å². The minimum Gasteiger partial charge on any atom is -0.481 e. The van der Waals surface area contributed by atoms with E-state index in [0.717, 1.165) is 33.4 Å². The highest BCUT2D eigenvalue weighted by atomic mass is 16.4. The molecular formula is C16H14N4O2. The number of aryl methyl sites for hydroxylation is 1. The number of benzene rings is 1. The van der Waals surface area contributed by atoms with E-state index < -0.39 is 5.97 Å². The number of carbonyl (C=O) groups is 1. The number of carboxylic acids is 1. The van der Waals surface area contributed by atoms with E-state index in [1.165, 1.54) is 0 Å². The smallest absolute Gasteiger partial charge is 0.307 e. The molecule has 0 aliphatic heterocycles. The van der Waals surface area contributed by atoms with Crippen LogP contribution in [0.3, 0.4) is 0 Å². The zero-order chi connectivity index (χ0) is 15.3. The van der Waals surface area contributed by atoms with Crippen LogP contribution in [0.1, 0.15) is 11.3 Å². The van der Waals surface area contributed by atoms with Gasteiger partial charge in [0.15, 0.2) is 0 Å². The van der Waals surface area contributed by atoms with E-state index in [1.54, 1.807) is 4.68 Å². The molecule has 0 fully saturated rings. The zero-order valence-corrected chi connectivity index (χ0v) is 12.0. The molecule has 2 heterocycles. The number of aliphatic carboxylic acids is 1. The molecule has 6 heteroatoms. The van der Waals surface area contributed by atoms with Gasteiger partial charge in [-0.25, -0.2) is 4.68 Å². The van der Waals surface area contributed by atoms with Crippen molar-refractivity contribution >= 4 is 17.0 Å². The van der Waals surface area contributed by atoms with Crippen LogP contribution in [0.15, 0.2) is 30.5 Å². The van der Waals surface area contributed by atoms with Gasteiger partial charge in [0.05, 0.1) is 11.4 Å². The summed E-state index contributed by atoms with van der Waals surface area (Å²) < 4.78 is 1.74. The fourth-order valence-electron chi connectivity index (χ4n) is 3.01. The van der Waals surface area contributed by atoms with Crippen LogP contribution in [-0.2, 0) is 24.7 Å². The Labute approximate surface area is 126 Å². The van der Waals surface area contributed by atoms with Crippen molar-refractivity contribution in [2.24, 2.45) is 13.0 Å². The highest BCUT2D eigenvalue weighted by Gasteiger charge is 2.28. The van der Waals surface area contributed by atoms with Crippen molar-refractivity contribution in [2.45, 2.75) is 12.8 Å². The second-order valence-electron chi connectivity index (χ2n) is 5.69. The van der Waals surface area contributed by atoms with Crippen molar-refractivity contribution in [3.8, 4) is 11.1 Å². The van der Waals surface area contributed by atoms with E-state index in [-0.39, 0.29) is 5.92 Å². The van der Waals surface area contributed by atoms with Gasteiger partial charge in [0.2, 0.25) is 0 Å². The van der Waals surface area contributed by atoms with Gasteiger partial charge in [-0.05, 0) is 35.7 Å². The molecule has 1 aliphatic rings. The first-order valence-corrected chi connectivity index (χ1v) is 7.12. The Morgan fingerprint density at radius 3 is 2.95 bits per heavy atom. The van der Waals surface area contributed by atoms with Gasteiger partial charge in [-0.2, -0.15) is 0 Å². The molecule has 1 atom stereocenters. The molecule has 1 aromatic carbocycles. The Morgan fingerprint density at radius 2 is 2.14 bits per heavy atom. The summed E-state index contributed by atoms with van der Waals surface area (Å²) in [6.07, 6.45) is 2.89. The lowest BCUT2D eigenvalue weighted by Gasteiger charge is -2.05. The van der Waals surface area contributed by atoms with Crippen molar-refractivity contribution in [1.82, 2.24) is 20.0 Å². The van der Waals surface area contributed by atoms with Crippen LogP contribution in [0, 0.1) is 5.92 Å². The predicted molar refractivity (Wildman–Crippen MR) is 80.3 cm³/mol. The van der Waals surface area contributed by atoms with Gasteiger partial charge < -0.3 is 5.11 Å². The largest absolute Gasteiger partial charge is 0.481 e. The van der Waals surface area contributed by atoms with E-state index in [4.69, 9.17) is 5.11 Å². The number of aromatic nitrogens is 4. The van der Waals surface area contributed by atoms with E-state index in [0.29, 0.717) is 12.8 Å². The minimum atomic E-state index is -0.748. The second-order valence-corrected chi connectivity index (χ2v) is 5.69. The van der Waals surface area contributed by atoms with E-state index in [1.807, 2.05) is 31.4 Å². The fourth-order valence-corrected chi connectivity index (χ4v) is 3.01. The average molecular weight is 294 g/mol. The summed E-state index contributed by atoms with van der Waals surface area (Å²) in [5.74, 6) is -1.09. The Kier molecular flexibility index (Phi) is 2.72. The van der Waals surface area contributed by atoms with Crippen LogP contribution in [-0.4, -0.2) is 31.1 Å². The molecule has 1 unspecified atom stereocenters. The number of nitrogens with zero attached hydrogens (tertiary/aromatic N) is 4. The van der Waals surface area contributed by atoms with Gasteiger partial charge in [0, 0.05) is 30.9 Å². The maximum atomic E-state index is 11.1. The number of hydrogen-bond acceptors (Lipinski definition) is 4. The summed E-state index contributed by atoms with van der Waals surface area (Å²) in [5.41, 5.74) is 5.78. The van der Waals surface area contributed by atoms with Crippen LogP contribution in [0.25, 0.3) is 22.2 Å². The minimum absolute atomic E-state index is 0.346. The summed E-state index contributed by atoms with van der Waals surface area (Å²) in [6, 6.07) is 8.01. The standard InChI is InChI=1S/C16H14N4O2/c1-20-15-7-9(2-3-13(15)18-19-20)12-5-10-4-11(16(21)22)6-14(10)17-8-12/h2-3,5,7-8,11H,4,6H2,1H3,(H,21,22). The summed E-state index contributed by atoms with van der Waals surface area (Å²) in [7, 11) is 1.86. The molecule has 0 saturated heterocycles. The number of pyridine rings is 1. The summed E-state index contributed by atoms with van der Waals surface area (Å²) >= 11 is 0. The first-order valence-electron chi connectivity index (χ1n) is 7.12. The third kappa shape index (κ3) is 1.95. The molecule has 3 aromatic rings. The van der Waals surface area contributed by atoms with Crippen molar-refractivity contribution in [2.75, 3.05) is 0 Å². The molecule has 6 nitrogen and oxygen atoms in total. The molecular weight excluding hydrogens is 280 g/mol. The van der Waals surface area contributed by atoms with Crippen LogP contribution in [0.4, 0.5) is 0 Å². The molecule has 2 aromatic heterocycles. The topological polar surface area (TPSA) is 80.9 Å². The van der Waals surface area contributed by atoms with Gasteiger partial charge >= 0.3 is 5.97 Å². The summed E-state index contributed by atoms with van der Waals surface area (Å²) in [6.45, 7) is 0.